The van der Waals surface area contributed by atoms with E-state index in [0.717, 1.165) is 124 Å². The SMILES string of the molecule is C1=NC2=NC1=Nc1cnc([n-]1)C1=NC(=Nc3cnc2[n-]3)C=N1.CC1=CC2=C(C)c3cc(C)c([n-]3)C3=NC(=C(C)c4cc(C)c([n-]4)C1=N2)C=C3C.[Cu+2].[Cu+2].[Cu+2].c1ccc(C2=NC3=NC2=C(c2ccccc2)c2[n-]c(nc2-c2ccccc2)C2=NC(=C(c4ccccc4)c4[n-]c3nc4-c3ccccc3)C(c3ccccc3)=N2)cc1. The molecule has 6 aromatic carbocycles. The van der Waals surface area contributed by atoms with E-state index in [4.69, 9.17) is 59.9 Å². The molecule has 0 unspecified atom stereocenters. The van der Waals surface area contributed by atoms with E-state index in [-0.39, 0.29) is 51.2 Å². The Morgan fingerprint density at radius 3 is 1.02 bits per heavy atom. The van der Waals surface area contributed by atoms with Gasteiger partial charge in [0, 0.05) is 33.9 Å². The van der Waals surface area contributed by atoms with Crippen LogP contribution in [-0.4, -0.2) is 90.2 Å². The number of hydrogen-bond acceptors (Lipinski definition) is 16. The van der Waals surface area contributed by atoms with Crippen LogP contribution in [-0.2, 0) is 51.2 Å². The average Bonchev–Trinajstić information content (AvgIpc) is 1.59. The summed E-state index contributed by atoms with van der Waals surface area (Å²) in [5.74, 6) is 4.74. The predicted octanol–water partition coefficient (Wildman–Crippen LogP) is 14.2. The number of nitrogens with zero attached hydrogens (tertiary/aromatic N) is 22. The minimum absolute atomic E-state index is 0. The molecule has 21 rings (SSSR count). The van der Waals surface area contributed by atoms with Gasteiger partial charge in [0.1, 0.15) is 11.7 Å². The van der Waals surface area contributed by atoms with E-state index in [1.165, 1.54) is 24.8 Å². The molecule has 22 nitrogen and oxygen atoms in total. The van der Waals surface area contributed by atoms with E-state index < -0.39 is 0 Å². The van der Waals surface area contributed by atoms with Crippen LogP contribution in [0.4, 0.5) is 11.6 Å². The van der Waals surface area contributed by atoms with Crippen LogP contribution >= 0.6 is 0 Å². The van der Waals surface area contributed by atoms with Crippen LogP contribution in [0.3, 0.4) is 0 Å². The zero-order chi connectivity index (χ0) is 72.7. The van der Waals surface area contributed by atoms with Gasteiger partial charge in [-0.1, -0.05) is 205 Å². The molecule has 111 heavy (non-hydrogen) atoms. The Kier molecular flexibility index (Phi) is 19.3. The van der Waals surface area contributed by atoms with Gasteiger partial charge in [-0.25, -0.2) is 49.9 Å². The fourth-order valence-electron chi connectivity index (χ4n) is 13.7. The maximum absolute atomic E-state index is 5.38. The first kappa shape index (κ1) is 72.0. The molecule has 543 valence electrons. The molecule has 0 fully saturated rings. The van der Waals surface area contributed by atoms with Gasteiger partial charge in [0.2, 0.25) is 0 Å². The Bertz CT molecular complexity index is 6030. The third-order valence-corrected chi connectivity index (χ3v) is 19.1. The van der Waals surface area contributed by atoms with Gasteiger partial charge in [-0.05, 0) is 145 Å². The van der Waals surface area contributed by atoms with Crippen molar-refractivity contribution in [3.63, 3.8) is 0 Å². The summed E-state index contributed by atoms with van der Waals surface area (Å²) >= 11 is 0. The Balaban J connectivity index is 0.000000145. The number of amidine groups is 6. The maximum atomic E-state index is 5.38. The fourth-order valence-corrected chi connectivity index (χ4v) is 13.7. The zero-order valence-electron chi connectivity index (χ0n) is 59.7. The maximum Gasteiger partial charge on any atom is 2.00 e. The summed E-state index contributed by atoms with van der Waals surface area (Å²) in [5, 5.41) is 0. The molecule has 9 aliphatic heterocycles. The molecule has 24 bridgehead atoms. The summed E-state index contributed by atoms with van der Waals surface area (Å²) in [5.41, 5.74) is 26.7. The smallest absolute Gasteiger partial charge is 0.656 e. The number of rotatable bonds is 6. The van der Waals surface area contributed by atoms with Crippen LogP contribution in [0.25, 0.3) is 44.8 Å². The van der Waals surface area contributed by atoms with Crippen LogP contribution in [0, 0.1) is 13.8 Å². The normalized spacial score (nSPS) is 15.7. The minimum atomic E-state index is 0. The van der Waals surface area contributed by atoms with E-state index in [2.05, 4.69) is 140 Å². The Morgan fingerprint density at radius 1 is 0.297 bits per heavy atom. The number of imidazole rings is 4. The summed E-state index contributed by atoms with van der Waals surface area (Å²) in [4.78, 5) is 105. The molecule has 0 saturated heterocycles. The van der Waals surface area contributed by atoms with E-state index in [1.54, 1.807) is 0 Å². The quantitative estimate of drug-likeness (QED) is 0.142. The van der Waals surface area contributed by atoms with E-state index in [1.807, 2.05) is 158 Å². The van der Waals surface area contributed by atoms with Gasteiger partial charge in [-0.15, -0.1) is 22.8 Å². The second-order valence-corrected chi connectivity index (χ2v) is 26.3. The van der Waals surface area contributed by atoms with Crippen molar-refractivity contribution in [1.29, 1.82) is 0 Å². The van der Waals surface area contributed by atoms with Crippen molar-refractivity contribution in [2.75, 3.05) is 0 Å². The standard InChI is InChI=1S/C50H30N8.C24H22N4.C12H4N10.3Cu/c1-7-19-31(20-8-1)37-43-39(33-23-11-3-12-24-33)51-47(55-43)49-53-41(35-27-15-5-16-28-35)45(57-49)38(32-21-9-2-10-22-32)46-42(36-29-17-6-18-30-36)54-50(58-46)48-52-40(44(37)56-48)34-25-13-4-14-26-34;1-11-7-17-15(5)18-9-13(3)23(27-18)24-14(4)10-20(28-24)16(6)19-8-12(2)22(26-19)21(11)25-17;1-5-17-6-2-15-11(20-6)12-16-4-8(22-12)18-7-3-14-10(21-7)9(13-1)19-5;;;/h1-30H;7-10H,1-6H3;1-4H;;;/q3*-2;3*+2. The van der Waals surface area contributed by atoms with Gasteiger partial charge < -0.3 is 59.8 Å². The van der Waals surface area contributed by atoms with Gasteiger partial charge >= 0.3 is 51.2 Å². The van der Waals surface area contributed by atoms with Crippen LogP contribution in [0.2, 0.25) is 0 Å². The van der Waals surface area contributed by atoms with Gasteiger partial charge in [0.25, 0.3) is 0 Å². The molecule has 0 N–H and O–H groups in total. The zero-order valence-corrected chi connectivity index (χ0v) is 62.5. The van der Waals surface area contributed by atoms with Crippen LogP contribution in [0.5, 0.6) is 0 Å². The number of allylic oxidation sites excluding steroid dienone is 8. The first-order valence-electron chi connectivity index (χ1n) is 34.9. The third-order valence-electron chi connectivity index (χ3n) is 19.1. The van der Waals surface area contributed by atoms with Crippen molar-refractivity contribution in [2.45, 2.75) is 41.5 Å². The molecule has 3 radical (unpaired) electrons. The monoisotopic (exact) mass is 1590 g/mol. The summed E-state index contributed by atoms with van der Waals surface area (Å²) < 4.78 is 0. The van der Waals surface area contributed by atoms with Gasteiger partial charge in [0.05, 0.1) is 69.7 Å². The Hall–Kier alpha value is -13.2. The van der Waals surface area contributed by atoms with E-state index in [9.17, 15) is 0 Å². The average molecular weight is 1590 g/mol. The summed E-state index contributed by atoms with van der Waals surface area (Å²) in [7, 11) is 0. The molecule has 9 aliphatic rings. The van der Waals surface area contributed by atoms with Crippen molar-refractivity contribution in [2.24, 2.45) is 59.9 Å². The van der Waals surface area contributed by atoms with E-state index in [0.29, 0.717) is 116 Å². The topological polar surface area (TPSA) is 284 Å². The molecule has 0 amide bonds. The Labute approximate surface area is 667 Å². The molecular formula is C86H56Cu3N22. The number of fused-ring (bicyclic) bond motifs is 24. The van der Waals surface area contributed by atoms with Crippen molar-refractivity contribution < 1.29 is 51.2 Å². The van der Waals surface area contributed by atoms with Gasteiger partial charge in [-0.2, -0.15) is 0 Å². The summed E-state index contributed by atoms with van der Waals surface area (Å²) in [6, 6.07) is 65.1. The van der Waals surface area contributed by atoms with Crippen LogP contribution < -0.4 is 29.9 Å². The van der Waals surface area contributed by atoms with Crippen molar-refractivity contribution >= 4 is 104 Å². The third kappa shape index (κ3) is 13.4. The fraction of sp³-hybridized carbons (Fsp3) is 0.0698. The van der Waals surface area contributed by atoms with Crippen molar-refractivity contribution in [1.82, 2.24) is 49.8 Å². The first-order valence-corrected chi connectivity index (χ1v) is 34.9. The molecule has 6 aromatic heterocycles. The number of benzene rings is 6. The second kappa shape index (κ2) is 29.7. The predicted molar refractivity (Wildman–Crippen MR) is 424 cm³/mol. The number of aliphatic imine (C=N–C) groups is 12. The van der Waals surface area contributed by atoms with E-state index >= 15 is 0 Å². The molecule has 25 heteroatoms. The Morgan fingerprint density at radius 2 is 0.649 bits per heavy atom. The first-order chi connectivity index (χ1) is 52.9. The molecule has 0 aliphatic carbocycles. The number of aryl methyl sites for hydroxylation is 2. The van der Waals surface area contributed by atoms with Crippen LogP contribution in [0.1, 0.15) is 119 Å². The minimum Gasteiger partial charge on any atom is -0.656 e. The number of aromatic nitrogens is 10. The molecule has 0 saturated carbocycles. The molecule has 12 aromatic rings. The summed E-state index contributed by atoms with van der Waals surface area (Å²) in [6.45, 7) is 12.6. The summed E-state index contributed by atoms with van der Waals surface area (Å²) in [6.07, 6.45) is 10.4. The molecule has 0 atom stereocenters. The second-order valence-electron chi connectivity index (χ2n) is 26.3. The molecule has 0 spiro atoms. The van der Waals surface area contributed by atoms with Gasteiger partial charge in [0.15, 0.2) is 23.3 Å². The van der Waals surface area contributed by atoms with Crippen molar-refractivity contribution in [3.05, 3.63) is 343 Å². The van der Waals surface area contributed by atoms with Gasteiger partial charge in [-0.3, -0.25) is 0 Å². The molecular weight excluding hydrogens is 1530 g/mol. The van der Waals surface area contributed by atoms with Crippen molar-refractivity contribution in [3.8, 4) is 22.5 Å². The molecule has 15 heterocycles. The van der Waals surface area contributed by atoms with Crippen LogP contribution in [0.15, 0.2) is 313 Å². The number of hydrogen-bond donors (Lipinski definition) is 0. The largest absolute Gasteiger partial charge is 2.00 e.